The van der Waals surface area contributed by atoms with Crippen molar-refractivity contribution in [2.24, 2.45) is 0 Å². The molecule has 2 aromatic carbocycles. The lowest BCUT2D eigenvalue weighted by atomic mass is 10.1. The average molecular weight is 315 g/mol. The van der Waals surface area contributed by atoms with Crippen LogP contribution in [-0.4, -0.2) is 9.97 Å². The summed E-state index contributed by atoms with van der Waals surface area (Å²) in [5, 5.41) is 2.31. The Hall–Kier alpha value is -1.94. The van der Waals surface area contributed by atoms with E-state index in [1.807, 2.05) is 24.3 Å². The van der Waals surface area contributed by atoms with Gasteiger partial charge in [-0.15, -0.1) is 0 Å². The van der Waals surface area contributed by atoms with E-state index in [1.165, 1.54) is 5.39 Å². The summed E-state index contributed by atoms with van der Waals surface area (Å²) in [7, 11) is 0. The van der Waals surface area contributed by atoms with Crippen molar-refractivity contribution < 1.29 is 4.74 Å². The predicted octanol–water partition coefficient (Wildman–Crippen LogP) is 3.97. The van der Waals surface area contributed by atoms with Crippen LogP contribution in [0.25, 0.3) is 10.8 Å². The van der Waals surface area contributed by atoms with Gasteiger partial charge in [0.15, 0.2) is 5.82 Å². The third kappa shape index (κ3) is 2.58. The first kappa shape index (κ1) is 12.1. The number of benzene rings is 2. The molecule has 0 amide bonds. The van der Waals surface area contributed by atoms with E-state index in [1.54, 1.807) is 18.5 Å². The molecule has 0 aliphatic heterocycles. The molecule has 4 heteroatoms. The van der Waals surface area contributed by atoms with E-state index in [4.69, 9.17) is 4.74 Å². The van der Waals surface area contributed by atoms with Crippen molar-refractivity contribution in [2.75, 3.05) is 0 Å². The smallest absolute Gasteiger partial charge is 0.166 e. The molecule has 0 aliphatic carbocycles. The van der Waals surface area contributed by atoms with Crippen LogP contribution >= 0.6 is 15.9 Å². The second-order valence-corrected chi connectivity index (χ2v) is 4.85. The van der Waals surface area contributed by atoms with Crippen LogP contribution in [0, 0.1) is 0 Å². The molecule has 0 spiro atoms. The third-order valence-electron chi connectivity index (χ3n) is 2.80. The summed E-state index contributed by atoms with van der Waals surface area (Å²) in [5.74, 6) is 1.47. The van der Waals surface area contributed by atoms with Crippen LogP contribution in [0.15, 0.2) is 59.3 Å². The summed E-state index contributed by atoms with van der Waals surface area (Å²) >= 11 is 3.59. The highest BCUT2D eigenvalue weighted by molar-refractivity contribution is 9.10. The highest BCUT2D eigenvalue weighted by Crippen LogP contribution is 2.33. The van der Waals surface area contributed by atoms with E-state index in [0.717, 1.165) is 15.6 Å². The number of aromatic nitrogens is 2. The summed E-state index contributed by atoms with van der Waals surface area (Å²) in [5.41, 5.74) is 0. The van der Waals surface area contributed by atoms with E-state index in [0.29, 0.717) is 12.4 Å². The Bertz CT molecular complexity index is 701. The first-order chi connectivity index (χ1) is 9.34. The lowest BCUT2D eigenvalue weighted by Crippen LogP contribution is -2.00. The summed E-state index contributed by atoms with van der Waals surface area (Å²) in [6.45, 7) is 0.359. The zero-order valence-electron chi connectivity index (χ0n) is 10.1. The first-order valence-corrected chi connectivity index (χ1v) is 6.70. The third-order valence-corrected chi connectivity index (χ3v) is 3.62. The summed E-state index contributed by atoms with van der Waals surface area (Å²) in [4.78, 5) is 8.27. The van der Waals surface area contributed by atoms with Gasteiger partial charge < -0.3 is 4.74 Å². The largest absolute Gasteiger partial charge is 0.484 e. The van der Waals surface area contributed by atoms with E-state index in [-0.39, 0.29) is 0 Å². The maximum absolute atomic E-state index is 5.76. The maximum atomic E-state index is 5.76. The molecule has 0 saturated carbocycles. The molecule has 0 atom stereocenters. The van der Waals surface area contributed by atoms with Crippen molar-refractivity contribution in [1.82, 2.24) is 9.97 Å². The second-order valence-electron chi connectivity index (χ2n) is 4.05. The van der Waals surface area contributed by atoms with Crippen LogP contribution in [0.5, 0.6) is 5.75 Å². The number of nitrogens with zero attached hydrogens (tertiary/aromatic N) is 2. The second kappa shape index (κ2) is 5.36. The van der Waals surface area contributed by atoms with Gasteiger partial charge in [0.05, 0.1) is 4.47 Å². The number of hydrogen-bond donors (Lipinski definition) is 0. The SMILES string of the molecule is Brc1c(OCc2ncccn2)ccc2ccccc12. The van der Waals surface area contributed by atoms with E-state index in [2.05, 4.69) is 38.0 Å². The van der Waals surface area contributed by atoms with E-state index >= 15 is 0 Å². The van der Waals surface area contributed by atoms with Crippen molar-refractivity contribution in [1.29, 1.82) is 0 Å². The fourth-order valence-corrected chi connectivity index (χ4v) is 2.48. The van der Waals surface area contributed by atoms with Crippen LogP contribution in [0.1, 0.15) is 5.82 Å². The molecule has 0 fully saturated rings. The first-order valence-electron chi connectivity index (χ1n) is 5.90. The molecule has 19 heavy (non-hydrogen) atoms. The molecule has 3 nitrogen and oxygen atoms in total. The molecule has 0 unspecified atom stereocenters. The van der Waals surface area contributed by atoms with Crippen LogP contribution in [-0.2, 0) is 6.61 Å². The van der Waals surface area contributed by atoms with Crippen LogP contribution < -0.4 is 4.74 Å². The van der Waals surface area contributed by atoms with Gasteiger partial charge >= 0.3 is 0 Å². The monoisotopic (exact) mass is 314 g/mol. The molecular weight excluding hydrogens is 304 g/mol. The van der Waals surface area contributed by atoms with Gasteiger partial charge in [-0.05, 0) is 38.8 Å². The molecule has 1 heterocycles. The Labute approximate surface area is 119 Å². The molecule has 0 aliphatic rings. The van der Waals surface area contributed by atoms with Crippen molar-refractivity contribution >= 4 is 26.7 Å². The van der Waals surface area contributed by atoms with Crippen LogP contribution in [0.3, 0.4) is 0 Å². The van der Waals surface area contributed by atoms with Gasteiger partial charge in [0, 0.05) is 12.4 Å². The van der Waals surface area contributed by atoms with Gasteiger partial charge in [-0.1, -0.05) is 30.3 Å². The summed E-state index contributed by atoms with van der Waals surface area (Å²) in [6.07, 6.45) is 3.42. The fraction of sp³-hybridized carbons (Fsp3) is 0.0667. The minimum atomic E-state index is 0.359. The molecule has 0 N–H and O–H groups in total. The number of halogens is 1. The Kier molecular flexibility index (Phi) is 3.42. The summed E-state index contributed by atoms with van der Waals surface area (Å²) in [6, 6.07) is 14.0. The Balaban J connectivity index is 1.87. The Morgan fingerprint density at radius 2 is 1.74 bits per heavy atom. The summed E-state index contributed by atoms with van der Waals surface area (Å²) < 4.78 is 6.72. The average Bonchev–Trinajstić information content (AvgIpc) is 2.48. The van der Waals surface area contributed by atoms with E-state index < -0.39 is 0 Å². The van der Waals surface area contributed by atoms with Gasteiger partial charge in [0.1, 0.15) is 12.4 Å². The predicted molar refractivity (Wildman–Crippen MR) is 78.0 cm³/mol. The normalized spacial score (nSPS) is 10.6. The van der Waals surface area contributed by atoms with Gasteiger partial charge in [0.2, 0.25) is 0 Å². The minimum Gasteiger partial charge on any atom is -0.484 e. The van der Waals surface area contributed by atoms with Gasteiger partial charge in [-0.3, -0.25) is 0 Å². The molecule has 1 aromatic heterocycles. The molecule has 3 rings (SSSR count). The van der Waals surface area contributed by atoms with Crippen molar-refractivity contribution in [2.45, 2.75) is 6.61 Å². The van der Waals surface area contributed by atoms with Crippen LogP contribution in [0.4, 0.5) is 0 Å². The quantitative estimate of drug-likeness (QED) is 0.733. The fourth-order valence-electron chi connectivity index (χ4n) is 1.87. The minimum absolute atomic E-state index is 0.359. The molecule has 3 aromatic rings. The highest BCUT2D eigenvalue weighted by Gasteiger charge is 2.06. The van der Waals surface area contributed by atoms with Crippen molar-refractivity contribution in [3.63, 3.8) is 0 Å². The lowest BCUT2D eigenvalue weighted by molar-refractivity contribution is 0.294. The number of ether oxygens (including phenoxy) is 1. The zero-order chi connectivity index (χ0) is 13.1. The van der Waals surface area contributed by atoms with Crippen molar-refractivity contribution in [3.8, 4) is 5.75 Å². The van der Waals surface area contributed by atoms with Gasteiger partial charge in [-0.25, -0.2) is 9.97 Å². The highest BCUT2D eigenvalue weighted by atomic mass is 79.9. The molecule has 0 bridgehead atoms. The number of fused-ring (bicyclic) bond motifs is 1. The molecular formula is C15H11BrN2O. The standard InChI is InChI=1S/C15H11BrN2O/c16-15-12-5-2-1-4-11(12)6-7-13(15)19-10-14-17-8-3-9-18-14/h1-9H,10H2. The lowest BCUT2D eigenvalue weighted by Gasteiger charge is -2.09. The molecule has 94 valence electrons. The van der Waals surface area contributed by atoms with Gasteiger partial charge in [-0.2, -0.15) is 0 Å². The molecule has 0 saturated heterocycles. The number of rotatable bonds is 3. The Morgan fingerprint density at radius 3 is 2.58 bits per heavy atom. The maximum Gasteiger partial charge on any atom is 0.166 e. The van der Waals surface area contributed by atoms with Crippen LogP contribution in [0.2, 0.25) is 0 Å². The van der Waals surface area contributed by atoms with E-state index in [9.17, 15) is 0 Å². The topological polar surface area (TPSA) is 35.0 Å². The zero-order valence-corrected chi connectivity index (χ0v) is 11.7. The van der Waals surface area contributed by atoms with Crippen molar-refractivity contribution in [3.05, 3.63) is 65.2 Å². The Morgan fingerprint density at radius 1 is 0.947 bits per heavy atom. The number of hydrogen-bond acceptors (Lipinski definition) is 3. The molecule has 0 radical (unpaired) electrons. The van der Waals surface area contributed by atoms with Gasteiger partial charge in [0.25, 0.3) is 0 Å².